The molecule has 0 heterocycles. The van der Waals surface area contributed by atoms with Crippen LogP contribution >= 0.6 is 0 Å². The van der Waals surface area contributed by atoms with Crippen LogP contribution in [0.25, 0.3) is 0 Å². The third-order valence-electron chi connectivity index (χ3n) is 3.57. The molecule has 0 bridgehead atoms. The van der Waals surface area contributed by atoms with E-state index in [1.807, 2.05) is 25.1 Å². The van der Waals surface area contributed by atoms with E-state index in [1.54, 1.807) is 7.11 Å². The molecule has 0 radical (unpaired) electrons. The van der Waals surface area contributed by atoms with Gasteiger partial charge < -0.3 is 15.2 Å². The summed E-state index contributed by atoms with van der Waals surface area (Å²) in [5.74, 6) is 0.0629. The van der Waals surface area contributed by atoms with Crippen molar-refractivity contribution in [1.82, 2.24) is 5.32 Å². The van der Waals surface area contributed by atoms with Gasteiger partial charge >= 0.3 is 5.97 Å². The maximum atomic E-state index is 11.0. The second-order valence-electron chi connectivity index (χ2n) is 5.27. The first-order valence-corrected chi connectivity index (χ1v) is 7.07. The molecule has 0 saturated heterocycles. The number of aryl methyl sites for hydroxylation is 1. The van der Waals surface area contributed by atoms with E-state index in [-0.39, 0.29) is 12.5 Å². The average Bonchev–Trinajstić information content (AvgIpc) is 2.40. The normalized spacial score (nSPS) is 13.8. The number of nitrogens with one attached hydrogen (secondary N) is 1. The highest BCUT2D eigenvalue weighted by atomic mass is 16.5. The molecule has 2 unspecified atom stereocenters. The van der Waals surface area contributed by atoms with Crippen LogP contribution in [0.5, 0.6) is 5.75 Å². The van der Waals surface area contributed by atoms with Gasteiger partial charge in [-0.15, -0.1) is 0 Å². The predicted octanol–water partition coefficient (Wildman–Crippen LogP) is 2.78. The third kappa shape index (κ3) is 5.21. The van der Waals surface area contributed by atoms with Crippen LogP contribution < -0.4 is 10.1 Å². The molecule has 1 aromatic carbocycles. The molecule has 0 amide bonds. The molecule has 2 atom stereocenters. The van der Waals surface area contributed by atoms with Gasteiger partial charge in [-0.1, -0.05) is 13.0 Å². The fourth-order valence-corrected chi connectivity index (χ4v) is 2.21. The number of carbonyl (C=O) groups is 1. The number of benzene rings is 1. The number of methoxy groups -OCH3 is 1. The van der Waals surface area contributed by atoms with E-state index in [1.165, 1.54) is 0 Å². The fourth-order valence-electron chi connectivity index (χ4n) is 2.21. The van der Waals surface area contributed by atoms with Crippen LogP contribution in [-0.4, -0.2) is 30.3 Å². The summed E-state index contributed by atoms with van der Waals surface area (Å²) in [7, 11) is 1.65. The van der Waals surface area contributed by atoms with Gasteiger partial charge in [-0.2, -0.15) is 0 Å². The first-order valence-electron chi connectivity index (χ1n) is 7.07. The second-order valence-corrected chi connectivity index (χ2v) is 5.27. The number of carboxylic acid groups (broad SMARTS) is 1. The first kappa shape index (κ1) is 16.5. The third-order valence-corrected chi connectivity index (χ3v) is 3.57. The summed E-state index contributed by atoms with van der Waals surface area (Å²) >= 11 is 0. The number of hydrogen-bond donors (Lipinski definition) is 2. The van der Waals surface area contributed by atoms with Crippen LogP contribution in [0, 0.1) is 6.92 Å². The van der Waals surface area contributed by atoms with Crippen LogP contribution in [-0.2, 0) is 11.2 Å². The van der Waals surface area contributed by atoms with E-state index >= 15 is 0 Å². The maximum Gasteiger partial charge on any atom is 0.304 e. The van der Waals surface area contributed by atoms with Gasteiger partial charge in [-0.25, -0.2) is 0 Å². The molecule has 1 aromatic rings. The number of rotatable bonds is 8. The summed E-state index contributed by atoms with van der Waals surface area (Å²) in [5, 5.41) is 12.4. The van der Waals surface area contributed by atoms with Crippen molar-refractivity contribution in [2.75, 3.05) is 7.11 Å². The zero-order valence-corrected chi connectivity index (χ0v) is 12.8. The second kappa shape index (κ2) is 7.90. The van der Waals surface area contributed by atoms with Crippen LogP contribution in [0.4, 0.5) is 0 Å². The Morgan fingerprint density at radius 1 is 1.45 bits per heavy atom. The minimum Gasteiger partial charge on any atom is -0.497 e. The van der Waals surface area contributed by atoms with Crippen molar-refractivity contribution in [2.24, 2.45) is 0 Å². The number of carboxylic acids is 1. The summed E-state index contributed by atoms with van der Waals surface area (Å²) in [6, 6.07) is 6.19. The highest BCUT2D eigenvalue weighted by molar-refractivity contribution is 5.67. The lowest BCUT2D eigenvalue weighted by atomic mass is 9.98. The summed E-state index contributed by atoms with van der Waals surface area (Å²) in [5.41, 5.74) is 2.29. The Hall–Kier alpha value is -1.55. The lowest BCUT2D eigenvalue weighted by molar-refractivity contribution is -0.137. The van der Waals surface area contributed by atoms with Gasteiger partial charge in [0.25, 0.3) is 0 Å². The highest BCUT2D eigenvalue weighted by Crippen LogP contribution is 2.19. The molecule has 4 heteroatoms. The summed E-state index contributed by atoms with van der Waals surface area (Å²) < 4.78 is 5.19. The van der Waals surface area contributed by atoms with Gasteiger partial charge in [-0.3, -0.25) is 4.79 Å². The molecule has 1 rings (SSSR count). The SMILES string of the molecule is CCC(C)NC(CC(=O)O)Cc1ccc(OC)cc1C. The molecule has 0 aromatic heterocycles. The Kier molecular flexibility index (Phi) is 6.52. The molecule has 0 aliphatic rings. The molecule has 0 fully saturated rings. The van der Waals surface area contributed by atoms with E-state index in [0.717, 1.165) is 23.3 Å². The van der Waals surface area contributed by atoms with Crippen LogP contribution in [0.2, 0.25) is 0 Å². The zero-order valence-electron chi connectivity index (χ0n) is 12.8. The molecular formula is C16H25NO3. The minimum absolute atomic E-state index is 0.0467. The van der Waals surface area contributed by atoms with Crippen molar-refractivity contribution in [2.45, 2.75) is 52.1 Å². The van der Waals surface area contributed by atoms with Gasteiger partial charge in [0, 0.05) is 12.1 Å². The lowest BCUT2D eigenvalue weighted by Gasteiger charge is -2.22. The van der Waals surface area contributed by atoms with Crippen molar-refractivity contribution in [3.05, 3.63) is 29.3 Å². The molecule has 0 spiro atoms. The molecule has 2 N–H and O–H groups in total. The molecule has 0 aliphatic heterocycles. The van der Waals surface area contributed by atoms with Crippen molar-refractivity contribution in [1.29, 1.82) is 0 Å². The number of aliphatic carboxylic acids is 1. The molecule has 4 nitrogen and oxygen atoms in total. The largest absolute Gasteiger partial charge is 0.497 e. The van der Waals surface area contributed by atoms with Gasteiger partial charge in [0.2, 0.25) is 0 Å². The van der Waals surface area contributed by atoms with E-state index in [2.05, 4.69) is 19.2 Å². The van der Waals surface area contributed by atoms with Gasteiger partial charge in [-0.05, 0) is 49.9 Å². The van der Waals surface area contributed by atoms with Crippen molar-refractivity contribution >= 4 is 5.97 Å². The van der Waals surface area contributed by atoms with Gasteiger partial charge in [0.1, 0.15) is 5.75 Å². The van der Waals surface area contributed by atoms with Crippen LogP contribution in [0.3, 0.4) is 0 Å². The Morgan fingerprint density at radius 3 is 2.65 bits per heavy atom. The van der Waals surface area contributed by atoms with Crippen molar-refractivity contribution in [3.8, 4) is 5.75 Å². The monoisotopic (exact) mass is 279 g/mol. The van der Waals surface area contributed by atoms with E-state index < -0.39 is 5.97 Å². The average molecular weight is 279 g/mol. The molecule has 112 valence electrons. The summed E-state index contributed by atoms with van der Waals surface area (Å²) in [4.78, 5) is 11.0. The van der Waals surface area contributed by atoms with Crippen molar-refractivity contribution < 1.29 is 14.6 Å². The van der Waals surface area contributed by atoms with Gasteiger partial charge in [0.05, 0.1) is 13.5 Å². The van der Waals surface area contributed by atoms with Crippen molar-refractivity contribution in [3.63, 3.8) is 0 Å². The van der Waals surface area contributed by atoms with Crippen LogP contribution in [0.1, 0.15) is 37.8 Å². The maximum absolute atomic E-state index is 11.0. The van der Waals surface area contributed by atoms with Crippen LogP contribution in [0.15, 0.2) is 18.2 Å². The number of ether oxygens (including phenoxy) is 1. The molecule has 0 saturated carbocycles. The Labute approximate surface area is 121 Å². The topological polar surface area (TPSA) is 58.6 Å². The number of hydrogen-bond acceptors (Lipinski definition) is 3. The minimum atomic E-state index is -0.767. The summed E-state index contributed by atoms with van der Waals surface area (Å²) in [6.45, 7) is 6.20. The quantitative estimate of drug-likeness (QED) is 0.768. The lowest BCUT2D eigenvalue weighted by Crippen LogP contribution is -2.39. The Bertz CT molecular complexity index is 445. The smallest absolute Gasteiger partial charge is 0.304 e. The Morgan fingerprint density at radius 2 is 2.15 bits per heavy atom. The van der Waals surface area contributed by atoms with E-state index in [4.69, 9.17) is 9.84 Å². The molecule has 0 aliphatic carbocycles. The first-order chi connectivity index (χ1) is 9.46. The van der Waals surface area contributed by atoms with E-state index in [0.29, 0.717) is 12.5 Å². The fraction of sp³-hybridized carbons (Fsp3) is 0.562. The van der Waals surface area contributed by atoms with E-state index in [9.17, 15) is 4.79 Å². The summed E-state index contributed by atoms with van der Waals surface area (Å²) in [6.07, 6.45) is 1.83. The Balaban J connectivity index is 2.80. The van der Waals surface area contributed by atoms with Gasteiger partial charge in [0.15, 0.2) is 0 Å². The standard InChI is InChI=1S/C16H25NO3/c1-5-12(3)17-14(10-16(18)19)9-13-6-7-15(20-4)8-11(13)2/h6-8,12,14,17H,5,9-10H2,1-4H3,(H,18,19). The molecule has 20 heavy (non-hydrogen) atoms. The highest BCUT2D eigenvalue weighted by Gasteiger charge is 2.16. The predicted molar refractivity (Wildman–Crippen MR) is 80.4 cm³/mol. The zero-order chi connectivity index (χ0) is 15.1. The molecular weight excluding hydrogens is 254 g/mol.